The molecule has 4 saturated heterocycles. The van der Waals surface area contributed by atoms with E-state index in [1.165, 1.54) is 32.1 Å². The molecule has 9 aliphatic rings. The van der Waals surface area contributed by atoms with Crippen LogP contribution in [0.1, 0.15) is 86.5 Å². The van der Waals surface area contributed by atoms with E-state index in [-0.39, 0.29) is 89.7 Å². The Morgan fingerprint density at radius 2 is 0.791 bits per heavy atom. The topological polar surface area (TPSA) is 112 Å². The lowest BCUT2D eigenvalue weighted by Gasteiger charge is -2.56. The number of benzene rings is 4. The van der Waals surface area contributed by atoms with Gasteiger partial charge in [-0.05, 0) is 135 Å². The second-order valence-electron chi connectivity index (χ2n) is 20.6. The zero-order valence-electron chi connectivity index (χ0n) is 37.2. The molecule has 8 fully saturated rings. The molecule has 0 N–H and O–H groups in total. The maximum atomic E-state index is 14.0. The Morgan fingerprint density at radius 1 is 0.433 bits per heavy atom. The SMILES string of the molecule is C#Cc1cccc(N2C(=O)C3CC4OC5CCC(C6(C7CCC8OC9CC%10C(=O)N(c%11cccc(C#C)c%11)C(=O)C%10CC9OC8C7)c7ccccc7-c7ccccc76)CC5OC4CC3C2=O)c1. The molecule has 4 saturated carbocycles. The number of nitrogens with zero attached hydrogens (tertiary/aromatic N) is 2. The highest BCUT2D eigenvalue weighted by atomic mass is 16.6. The van der Waals surface area contributed by atoms with Gasteiger partial charge in [-0.1, -0.05) is 72.5 Å². The predicted molar refractivity (Wildman–Crippen MR) is 248 cm³/mol. The third kappa shape index (κ3) is 6.12. The fraction of sp³-hybridized carbons (Fsp3) is 0.439. The van der Waals surface area contributed by atoms with Crippen molar-refractivity contribution in [1.82, 2.24) is 0 Å². The summed E-state index contributed by atoms with van der Waals surface area (Å²) >= 11 is 0. The first kappa shape index (κ1) is 41.3. The summed E-state index contributed by atoms with van der Waals surface area (Å²) in [5, 5.41) is 0. The van der Waals surface area contributed by atoms with Gasteiger partial charge in [0.05, 0.1) is 83.9 Å². The quantitative estimate of drug-likeness (QED) is 0.151. The zero-order valence-corrected chi connectivity index (χ0v) is 37.2. The Bertz CT molecular complexity index is 2650. The van der Waals surface area contributed by atoms with Gasteiger partial charge in [0.15, 0.2) is 0 Å². The minimum Gasteiger partial charge on any atom is -0.370 e. The van der Waals surface area contributed by atoms with Crippen molar-refractivity contribution < 1.29 is 38.1 Å². The van der Waals surface area contributed by atoms with Gasteiger partial charge >= 0.3 is 0 Å². The summed E-state index contributed by atoms with van der Waals surface area (Å²) < 4.78 is 28.3. The van der Waals surface area contributed by atoms with Crippen molar-refractivity contribution in [1.29, 1.82) is 0 Å². The number of hydrogen-bond donors (Lipinski definition) is 0. The minimum absolute atomic E-state index is 0.103. The number of anilines is 2. The van der Waals surface area contributed by atoms with Gasteiger partial charge in [0.25, 0.3) is 0 Å². The zero-order chi connectivity index (χ0) is 45.3. The fourth-order valence-electron chi connectivity index (χ4n) is 14.8. The molecule has 10 nitrogen and oxygen atoms in total. The summed E-state index contributed by atoms with van der Waals surface area (Å²) in [5.41, 5.74) is 7.24. The van der Waals surface area contributed by atoms with Crippen molar-refractivity contribution in [2.24, 2.45) is 35.5 Å². The van der Waals surface area contributed by atoms with E-state index in [9.17, 15) is 19.2 Å². The van der Waals surface area contributed by atoms with Crippen molar-refractivity contribution in [3.8, 4) is 35.8 Å². The first-order chi connectivity index (χ1) is 32.7. The predicted octanol–water partition coefficient (Wildman–Crippen LogP) is 7.76. The van der Waals surface area contributed by atoms with Gasteiger partial charge in [0, 0.05) is 16.5 Å². The lowest BCUT2D eigenvalue weighted by Crippen LogP contribution is -2.59. The summed E-state index contributed by atoms with van der Waals surface area (Å²) in [7, 11) is 0. The molecule has 5 aliphatic carbocycles. The maximum Gasteiger partial charge on any atom is 0.237 e. The molecule has 338 valence electrons. The van der Waals surface area contributed by atoms with E-state index in [0.717, 1.165) is 38.5 Å². The molecule has 0 spiro atoms. The molecule has 4 heterocycles. The van der Waals surface area contributed by atoms with Crippen LogP contribution < -0.4 is 9.80 Å². The second kappa shape index (κ2) is 15.6. The van der Waals surface area contributed by atoms with E-state index in [0.29, 0.717) is 48.2 Å². The third-order valence-electron chi connectivity index (χ3n) is 17.6. The van der Waals surface area contributed by atoms with Crippen molar-refractivity contribution in [2.75, 3.05) is 9.80 Å². The Balaban J connectivity index is 0.771. The summed E-state index contributed by atoms with van der Waals surface area (Å²) in [5.74, 6) is 3.12. The smallest absolute Gasteiger partial charge is 0.237 e. The highest BCUT2D eigenvalue weighted by Crippen LogP contribution is 2.63. The summed E-state index contributed by atoms with van der Waals surface area (Å²) in [6, 6.07) is 32.1. The van der Waals surface area contributed by atoms with Crippen LogP contribution in [0.25, 0.3) is 11.1 Å². The fourth-order valence-corrected chi connectivity index (χ4v) is 14.8. The van der Waals surface area contributed by atoms with E-state index in [1.807, 2.05) is 0 Å². The Hall–Kier alpha value is -5.88. The van der Waals surface area contributed by atoms with Gasteiger partial charge in [0.2, 0.25) is 23.6 Å². The highest BCUT2D eigenvalue weighted by molar-refractivity contribution is 6.23. The van der Waals surface area contributed by atoms with Gasteiger partial charge in [0.1, 0.15) is 0 Å². The van der Waals surface area contributed by atoms with Crippen LogP contribution >= 0.6 is 0 Å². The summed E-state index contributed by atoms with van der Waals surface area (Å²) in [6.07, 6.45) is 16.7. The average Bonchev–Trinajstić information content (AvgIpc) is 3.90. The summed E-state index contributed by atoms with van der Waals surface area (Å²) in [4.78, 5) is 58.5. The average molecular weight is 893 g/mol. The van der Waals surface area contributed by atoms with E-state index in [2.05, 4.69) is 60.4 Å². The van der Waals surface area contributed by atoms with Crippen LogP contribution in [0, 0.1) is 60.2 Å². The first-order valence-corrected chi connectivity index (χ1v) is 24.4. The number of amides is 4. The van der Waals surface area contributed by atoms with Gasteiger partial charge in [-0.15, -0.1) is 12.8 Å². The van der Waals surface area contributed by atoms with Crippen LogP contribution in [0.15, 0.2) is 97.1 Å². The number of carbonyl (C=O) groups excluding carboxylic acids is 4. The molecule has 67 heavy (non-hydrogen) atoms. The minimum atomic E-state index is -0.470. The van der Waals surface area contributed by atoms with Gasteiger partial charge in [-0.3, -0.25) is 29.0 Å². The normalized spacial score (nSPS) is 36.6. The standard InChI is InChI=1S/C57H52N2O8/c1-3-31-11-9-13-35(23-31)58-53(60)39-27-49-51(29-41(39)55(58)62)66-47-25-33(19-21-45(47)64-49)57(43-17-7-5-15-37(43)38-16-6-8-18-44(38)57)34-20-22-46-48(26-34)67-52-30-42-40(28-50(52)65-46)54(61)59(56(42)63)36-14-10-12-32(4-2)24-36/h1-2,5-18,23-24,33-34,39-42,45-52H,19-22,25-30H2. The maximum absolute atomic E-state index is 14.0. The number of terminal acetylenes is 2. The number of imide groups is 2. The van der Waals surface area contributed by atoms with Crippen LogP contribution in [-0.2, 0) is 43.5 Å². The molecular weight excluding hydrogens is 841 g/mol. The van der Waals surface area contributed by atoms with Gasteiger partial charge < -0.3 is 18.9 Å². The second-order valence-corrected chi connectivity index (χ2v) is 20.6. The van der Waals surface area contributed by atoms with Crippen LogP contribution in [0.5, 0.6) is 0 Å². The number of fused-ring (bicyclic) bond motifs is 9. The molecule has 0 aromatic heterocycles. The van der Waals surface area contributed by atoms with E-state index in [4.69, 9.17) is 31.8 Å². The van der Waals surface area contributed by atoms with Crippen molar-refractivity contribution in [2.45, 2.75) is 118 Å². The van der Waals surface area contributed by atoms with E-state index < -0.39 is 23.7 Å². The van der Waals surface area contributed by atoms with Crippen LogP contribution in [0.3, 0.4) is 0 Å². The molecule has 14 unspecified atom stereocenters. The monoisotopic (exact) mass is 892 g/mol. The molecule has 4 aliphatic heterocycles. The number of carbonyl (C=O) groups is 4. The first-order valence-electron chi connectivity index (χ1n) is 24.4. The largest absolute Gasteiger partial charge is 0.370 e. The molecule has 13 rings (SSSR count). The molecule has 14 atom stereocenters. The third-order valence-corrected chi connectivity index (χ3v) is 17.6. The highest BCUT2D eigenvalue weighted by Gasteiger charge is 2.62. The van der Waals surface area contributed by atoms with Gasteiger partial charge in [-0.25, -0.2) is 0 Å². The van der Waals surface area contributed by atoms with E-state index in [1.54, 1.807) is 48.5 Å². The molecule has 0 bridgehead atoms. The van der Waals surface area contributed by atoms with Crippen molar-refractivity contribution in [3.05, 3.63) is 119 Å². The molecule has 0 radical (unpaired) electrons. The molecule has 4 amide bonds. The lowest BCUT2D eigenvalue weighted by atomic mass is 9.53. The Kier molecular flexibility index (Phi) is 9.61. The van der Waals surface area contributed by atoms with E-state index >= 15 is 0 Å². The Morgan fingerprint density at radius 3 is 1.18 bits per heavy atom. The number of rotatable bonds is 4. The molecular formula is C57H52N2O8. The lowest BCUT2D eigenvalue weighted by molar-refractivity contribution is -0.258. The molecule has 10 heteroatoms. The number of hydrogen-bond acceptors (Lipinski definition) is 8. The van der Waals surface area contributed by atoms with Crippen LogP contribution in [0.2, 0.25) is 0 Å². The van der Waals surface area contributed by atoms with Crippen molar-refractivity contribution >= 4 is 35.0 Å². The van der Waals surface area contributed by atoms with Crippen molar-refractivity contribution in [3.63, 3.8) is 0 Å². The molecule has 4 aromatic carbocycles. The van der Waals surface area contributed by atoms with Gasteiger partial charge in [-0.2, -0.15) is 0 Å². The number of ether oxygens (including phenoxy) is 4. The van der Waals surface area contributed by atoms with Crippen LogP contribution in [0.4, 0.5) is 11.4 Å². The Labute approximate surface area is 390 Å². The molecule has 4 aromatic rings. The van der Waals surface area contributed by atoms with Crippen LogP contribution in [-0.4, -0.2) is 72.5 Å². The summed E-state index contributed by atoms with van der Waals surface area (Å²) in [6.45, 7) is 0.